The summed E-state index contributed by atoms with van der Waals surface area (Å²) in [6.45, 7) is 1.19. The molecule has 2 heterocycles. The lowest BCUT2D eigenvalue weighted by molar-refractivity contribution is -0.129. The number of benzene rings is 1. The monoisotopic (exact) mass is 334 g/mol. The number of likely N-dealkylation sites (tertiary alicyclic amines) is 1. The van der Waals surface area contributed by atoms with E-state index in [1.807, 2.05) is 0 Å². The Morgan fingerprint density at radius 2 is 1.83 bits per heavy atom. The minimum Gasteiger partial charge on any atom is -0.341 e. The van der Waals surface area contributed by atoms with Gasteiger partial charge in [-0.1, -0.05) is 30.3 Å². The third-order valence-electron chi connectivity index (χ3n) is 3.98. The Balaban J connectivity index is 2.09. The van der Waals surface area contributed by atoms with Crippen LogP contribution in [0.1, 0.15) is 23.7 Å². The van der Waals surface area contributed by atoms with Gasteiger partial charge in [0.1, 0.15) is 6.33 Å². The molecule has 1 aromatic carbocycles. The average Bonchev–Trinajstić information content (AvgIpc) is 3.19. The van der Waals surface area contributed by atoms with Crippen LogP contribution in [0, 0.1) is 0 Å². The molecule has 8 heteroatoms. The highest BCUT2D eigenvalue weighted by Crippen LogP contribution is 2.30. The van der Waals surface area contributed by atoms with Gasteiger partial charge in [-0.2, -0.15) is 0 Å². The fraction of sp³-hybridized carbons (Fsp3) is 0.400. The van der Waals surface area contributed by atoms with Gasteiger partial charge in [0.05, 0.1) is 0 Å². The number of nitrogens with zero attached hydrogens (tertiary/aromatic N) is 4. The number of hydrogen-bond donors (Lipinski definition) is 0. The van der Waals surface area contributed by atoms with Gasteiger partial charge in [0.2, 0.25) is 20.9 Å². The van der Waals surface area contributed by atoms with Crippen LogP contribution in [-0.2, 0) is 21.7 Å². The summed E-state index contributed by atoms with van der Waals surface area (Å²) >= 11 is 0. The number of sulfone groups is 1. The molecule has 0 unspecified atom stereocenters. The van der Waals surface area contributed by atoms with Crippen molar-refractivity contribution in [2.75, 3.05) is 13.1 Å². The van der Waals surface area contributed by atoms with E-state index in [1.54, 1.807) is 42.3 Å². The number of hydrogen-bond acceptors (Lipinski definition) is 5. The second kappa shape index (κ2) is 6.11. The lowest BCUT2D eigenvalue weighted by Gasteiger charge is -2.23. The third-order valence-corrected chi connectivity index (χ3v) is 5.95. The van der Waals surface area contributed by atoms with Gasteiger partial charge in [0.25, 0.3) is 0 Å². The number of carbonyl (C=O) groups is 1. The van der Waals surface area contributed by atoms with Gasteiger partial charge in [0, 0.05) is 20.1 Å². The first-order valence-corrected chi connectivity index (χ1v) is 8.98. The number of aryl methyl sites for hydroxylation is 1. The number of rotatable bonds is 4. The summed E-state index contributed by atoms with van der Waals surface area (Å²) in [5.74, 6) is -0.392. The summed E-state index contributed by atoms with van der Waals surface area (Å²) in [7, 11) is -2.43. The molecule has 2 aromatic rings. The average molecular weight is 334 g/mol. The van der Waals surface area contributed by atoms with Gasteiger partial charge < -0.3 is 9.47 Å². The summed E-state index contributed by atoms with van der Waals surface area (Å²) in [5, 5.41) is 5.84. The van der Waals surface area contributed by atoms with Crippen LogP contribution >= 0.6 is 0 Å². The fourth-order valence-corrected chi connectivity index (χ4v) is 4.57. The highest BCUT2D eigenvalue weighted by atomic mass is 32.2. The van der Waals surface area contributed by atoms with E-state index < -0.39 is 21.0 Å². The van der Waals surface area contributed by atoms with Crippen LogP contribution < -0.4 is 0 Å². The van der Waals surface area contributed by atoms with E-state index in [9.17, 15) is 13.2 Å². The van der Waals surface area contributed by atoms with Gasteiger partial charge >= 0.3 is 0 Å². The first-order valence-electron chi connectivity index (χ1n) is 7.43. The Bertz CT molecular complexity index is 795. The largest absolute Gasteiger partial charge is 0.341 e. The van der Waals surface area contributed by atoms with Gasteiger partial charge in [0.15, 0.2) is 5.25 Å². The van der Waals surface area contributed by atoms with Gasteiger partial charge in [-0.05, 0) is 18.4 Å². The summed E-state index contributed by atoms with van der Waals surface area (Å²) in [4.78, 5) is 14.5. The van der Waals surface area contributed by atoms with Crippen LogP contribution in [0.25, 0.3) is 0 Å². The van der Waals surface area contributed by atoms with Crippen molar-refractivity contribution in [2.24, 2.45) is 7.05 Å². The minimum absolute atomic E-state index is 0.195. The van der Waals surface area contributed by atoms with E-state index in [0.29, 0.717) is 18.7 Å². The molecule has 1 fully saturated rings. The molecule has 3 rings (SSSR count). The number of amides is 1. The topological polar surface area (TPSA) is 85.2 Å². The lowest BCUT2D eigenvalue weighted by Crippen LogP contribution is -2.37. The molecule has 0 saturated carbocycles. The molecule has 23 heavy (non-hydrogen) atoms. The SMILES string of the molecule is Cn1cnnc1S(=O)(=O)[C@@H](C(=O)N1CCCC1)c1ccccc1. The highest BCUT2D eigenvalue weighted by Gasteiger charge is 2.41. The van der Waals surface area contributed by atoms with Crippen LogP contribution in [-0.4, -0.2) is 47.1 Å². The Morgan fingerprint density at radius 3 is 2.39 bits per heavy atom. The molecule has 0 radical (unpaired) electrons. The molecule has 0 aliphatic carbocycles. The van der Waals surface area contributed by atoms with E-state index in [0.717, 1.165) is 12.8 Å². The molecule has 1 aliphatic rings. The van der Waals surface area contributed by atoms with Crippen LogP contribution in [0.3, 0.4) is 0 Å². The predicted octanol–water partition coefficient (Wildman–Crippen LogP) is 0.952. The molecule has 1 atom stereocenters. The van der Waals surface area contributed by atoms with Crippen molar-refractivity contribution in [1.82, 2.24) is 19.7 Å². The number of aromatic nitrogens is 3. The Labute approximate surface area is 134 Å². The molecule has 0 N–H and O–H groups in total. The van der Waals surface area contributed by atoms with Crippen LogP contribution in [0.5, 0.6) is 0 Å². The maximum atomic E-state index is 13.0. The fourth-order valence-electron chi connectivity index (χ4n) is 2.82. The summed E-state index contributed by atoms with van der Waals surface area (Å²) in [6.07, 6.45) is 3.11. The van der Waals surface area contributed by atoms with E-state index in [-0.39, 0.29) is 5.16 Å². The molecular weight excluding hydrogens is 316 g/mol. The first kappa shape index (κ1) is 15.7. The maximum Gasteiger partial charge on any atom is 0.250 e. The second-order valence-electron chi connectivity index (χ2n) is 5.59. The van der Waals surface area contributed by atoms with Crippen molar-refractivity contribution in [3.8, 4) is 0 Å². The Hall–Kier alpha value is -2.22. The smallest absolute Gasteiger partial charge is 0.250 e. The Morgan fingerprint density at radius 1 is 1.17 bits per heavy atom. The van der Waals surface area contributed by atoms with Gasteiger partial charge in [-0.15, -0.1) is 10.2 Å². The predicted molar refractivity (Wildman–Crippen MR) is 83.2 cm³/mol. The maximum absolute atomic E-state index is 13.0. The summed E-state index contributed by atoms with van der Waals surface area (Å²) in [5.41, 5.74) is 0.451. The Kier molecular flexibility index (Phi) is 4.16. The second-order valence-corrected chi connectivity index (χ2v) is 7.52. The van der Waals surface area contributed by atoms with Crippen LogP contribution in [0.15, 0.2) is 41.8 Å². The molecular formula is C15H18N4O3S. The zero-order valence-electron chi connectivity index (χ0n) is 12.8. The molecule has 1 saturated heterocycles. The molecule has 0 spiro atoms. The van der Waals surface area contributed by atoms with Crippen molar-refractivity contribution >= 4 is 15.7 Å². The van der Waals surface area contributed by atoms with Crippen molar-refractivity contribution in [3.63, 3.8) is 0 Å². The molecule has 0 bridgehead atoms. The first-order chi connectivity index (χ1) is 11.0. The van der Waals surface area contributed by atoms with Crippen LogP contribution in [0.2, 0.25) is 0 Å². The molecule has 1 aliphatic heterocycles. The van der Waals surface area contributed by atoms with E-state index >= 15 is 0 Å². The van der Waals surface area contributed by atoms with Crippen molar-refractivity contribution in [2.45, 2.75) is 23.2 Å². The van der Waals surface area contributed by atoms with E-state index in [4.69, 9.17) is 0 Å². The number of carbonyl (C=O) groups excluding carboxylic acids is 1. The van der Waals surface area contributed by atoms with Crippen LogP contribution in [0.4, 0.5) is 0 Å². The van der Waals surface area contributed by atoms with Gasteiger partial charge in [-0.3, -0.25) is 4.79 Å². The zero-order chi connectivity index (χ0) is 16.4. The molecule has 7 nitrogen and oxygen atoms in total. The van der Waals surface area contributed by atoms with E-state index in [2.05, 4.69) is 10.2 Å². The van der Waals surface area contributed by atoms with Crippen molar-refractivity contribution < 1.29 is 13.2 Å². The lowest BCUT2D eigenvalue weighted by atomic mass is 10.1. The quantitative estimate of drug-likeness (QED) is 0.831. The standard InChI is InChI=1S/C15H18N4O3S/c1-18-11-16-17-15(18)23(21,22)13(12-7-3-2-4-8-12)14(20)19-9-5-6-10-19/h2-4,7-8,11,13H,5-6,9-10H2,1H3/t13-/m1/s1. The van der Waals surface area contributed by atoms with Gasteiger partial charge in [-0.25, -0.2) is 8.42 Å². The van der Waals surface area contributed by atoms with Crippen molar-refractivity contribution in [1.29, 1.82) is 0 Å². The summed E-state index contributed by atoms with van der Waals surface area (Å²) < 4.78 is 27.4. The summed E-state index contributed by atoms with van der Waals surface area (Å²) in [6, 6.07) is 8.56. The zero-order valence-corrected chi connectivity index (χ0v) is 13.6. The third kappa shape index (κ3) is 2.86. The molecule has 1 aromatic heterocycles. The van der Waals surface area contributed by atoms with Crippen molar-refractivity contribution in [3.05, 3.63) is 42.2 Å². The molecule has 122 valence electrons. The van der Waals surface area contributed by atoms with E-state index in [1.165, 1.54) is 10.9 Å². The highest BCUT2D eigenvalue weighted by molar-refractivity contribution is 7.92. The minimum atomic E-state index is -3.98. The normalized spacial score (nSPS) is 16.5. The molecule has 1 amide bonds.